The van der Waals surface area contributed by atoms with Gasteiger partial charge in [0.25, 0.3) is 5.91 Å². The quantitative estimate of drug-likeness (QED) is 0.305. The van der Waals surface area contributed by atoms with E-state index in [1.54, 1.807) is 25.3 Å². The molecule has 1 amide bonds. The number of fused-ring (bicyclic) bond motifs is 1. The third-order valence-corrected chi connectivity index (χ3v) is 6.82. The van der Waals surface area contributed by atoms with E-state index >= 15 is 0 Å². The molecule has 0 fully saturated rings. The number of ether oxygens (including phenoxy) is 3. The number of benzene rings is 2. The molecule has 2 heterocycles. The molecule has 0 saturated carbocycles. The van der Waals surface area contributed by atoms with Gasteiger partial charge in [-0.1, -0.05) is 39.0 Å². The summed E-state index contributed by atoms with van der Waals surface area (Å²) in [4.78, 5) is 16.8. The number of rotatable bonds is 10. The third-order valence-electron chi connectivity index (χ3n) is 5.85. The maximum atomic E-state index is 12.7. The second-order valence-electron chi connectivity index (χ2n) is 9.07. The SMILES string of the molecule is CCCC1=NN2C(=N)/C(=C/c3ccc(OCCOc4cc(C)ccc4C(C)C)c(OC)c3)C(=O)N=C2S1. The summed E-state index contributed by atoms with van der Waals surface area (Å²) in [7, 11) is 1.56. The summed E-state index contributed by atoms with van der Waals surface area (Å²) in [6.07, 6.45) is 3.35. The fourth-order valence-corrected chi connectivity index (χ4v) is 4.94. The molecular weight excluding hydrogens is 488 g/mol. The number of hydrogen-bond donors (Lipinski definition) is 1. The zero-order valence-electron chi connectivity index (χ0n) is 21.8. The van der Waals surface area contributed by atoms with Crippen LogP contribution in [-0.2, 0) is 4.79 Å². The molecule has 2 aliphatic heterocycles. The van der Waals surface area contributed by atoms with Crippen LogP contribution in [0.25, 0.3) is 6.08 Å². The minimum atomic E-state index is -0.454. The number of carbonyl (C=O) groups excluding carboxylic acids is 1. The first-order valence-electron chi connectivity index (χ1n) is 12.3. The average molecular weight is 521 g/mol. The number of aryl methyl sites for hydroxylation is 1. The van der Waals surface area contributed by atoms with Gasteiger partial charge in [-0.25, -0.2) is 0 Å². The summed E-state index contributed by atoms with van der Waals surface area (Å²) >= 11 is 1.34. The minimum absolute atomic E-state index is 0.0157. The molecule has 0 radical (unpaired) electrons. The van der Waals surface area contributed by atoms with Gasteiger partial charge in [0.15, 0.2) is 17.3 Å². The molecule has 0 spiro atoms. The second kappa shape index (κ2) is 11.6. The van der Waals surface area contributed by atoms with Crippen LogP contribution >= 0.6 is 11.8 Å². The lowest BCUT2D eigenvalue weighted by atomic mass is 10.0. The van der Waals surface area contributed by atoms with Crippen LogP contribution in [-0.4, -0.2) is 47.3 Å². The van der Waals surface area contributed by atoms with Crippen LogP contribution in [0.2, 0.25) is 0 Å². The van der Waals surface area contributed by atoms with E-state index in [-0.39, 0.29) is 11.4 Å². The maximum Gasteiger partial charge on any atom is 0.283 e. The zero-order valence-corrected chi connectivity index (χ0v) is 22.6. The number of carbonyl (C=O) groups is 1. The van der Waals surface area contributed by atoms with E-state index < -0.39 is 5.91 Å². The summed E-state index contributed by atoms with van der Waals surface area (Å²) in [6, 6.07) is 11.6. The summed E-state index contributed by atoms with van der Waals surface area (Å²) < 4.78 is 17.5. The van der Waals surface area contributed by atoms with Crippen molar-refractivity contribution >= 4 is 39.8 Å². The van der Waals surface area contributed by atoms with Gasteiger partial charge in [0, 0.05) is 0 Å². The molecule has 0 bridgehead atoms. The Labute approximate surface area is 221 Å². The van der Waals surface area contributed by atoms with E-state index in [9.17, 15) is 4.79 Å². The Morgan fingerprint density at radius 3 is 2.54 bits per heavy atom. The Hall–Kier alpha value is -3.59. The summed E-state index contributed by atoms with van der Waals surface area (Å²) in [6.45, 7) is 9.12. The van der Waals surface area contributed by atoms with Crippen molar-refractivity contribution in [3.63, 3.8) is 0 Å². The van der Waals surface area contributed by atoms with Gasteiger partial charge in [0.2, 0.25) is 5.17 Å². The number of amides is 1. The lowest BCUT2D eigenvalue weighted by molar-refractivity contribution is -0.114. The highest BCUT2D eigenvalue weighted by atomic mass is 32.2. The number of hydrazone groups is 1. The van der Waals surface area contributed by atoms with Crippen molar-refractivity contribution in [1.29, 1.82) is 5.41 Å². The van der Waals surface area contributed by atoms with Crippen molar-refractivity contribution in [2.45, 2.75) is 46.5 Å². The average Bonchev–Trinajstić information content (AvgIpc) is 3.27. The third kappa shape index (κ3) is 6.05. The minimum Gasteiger partial charge on any atom is -0.493 e. The molecule has 2 aromatic rings. The smallest absolute Gasteiger partial charge is 0.283 e. The highest BCUT2D eigenvalue weighted by Gasteiger charge is 2.35. The molecule has 8 nitrogen and oxygen atoms in total. The number of methoxy groups -OCH3 is 1. The topological polar surface area (TPSA) is 96.6 Å². The predicted octanol–water partition coefficient (Wildman–Crippen LogP) is 6.00. The van der Waals surface area contributed by atoms with Gasteiger partial charge in [-0.3, -0.25) is 10.2 Å². The van der Waals surface area contributed by atoms with E-state index in [1.807, 2.05) is 19.1 Å². The number of amidine groups is 2. The fourth-order valence-electron chi connectivity index (χ4n) is 3.95. The normalized spacial score (nSPS) is 16.2. The Balaban J connectivity index is 1.43. The van der Waals surface area contributed by atoms with Gasteiger partial charge >= 0.3 is 0 Å². The highest BCUT2D eigenvalue weighted by molar-refractivity contribution is 8.26. The van der Waals surface area contributed by atoms with Crippen LogP contribution in [0.4, 0.5) is 0 Å². The molecule has 4 rings (SSSR count). The monoisotopic (exact) mass is 520 g/mol. The molecule has 2 aromatic carbocycles. The van der Waals surface area contributed by atoms with Crippen LogP contribution in [0, 0.1) is 12.3 Å². The van der Waals surface area contributed by atoms with E-state index in [0.717, 1.165) is 29.2 Å². The zero-order chi connectivity index (χ0) is 26.5. The highest BCUT2D eigenvalue weighted by Crippen LogP contribution is 2.32. The molecule has 1 N–H and O–H groups in total. The number of aliphatic imine (C=N–C) groups is 1. The number of thioether (sulfide) groups is 1. The van der Waals surface area contributed by atoms with Gasteiger partial charge in [0.1, 0.15) is 24.0 Å². The summed E-state index contributed by atoms with van der Waals surface area (Å²) in [5.41, 5.74) is 3.18. The Morgan fingerprint density at radius 2 is 1.84 bits per heavy atom. The second-order valence-corrected chi connectivity index (χ2v) is 10.1. The first kappa shape index (κ1) is 26.5. The molecular formula is C28H32N4O4S. The van der Waals surface area contributed by atoms with E-state index in [2.05, 4.69) is 43.0 Å². The first-order chi connectivity index (χ1) is 17.8. The van der Waals surface area contributed by atoms with Gasteiger partial charge in [-0.05, 0) is 78.4 Å². The first-order valence-corrected chi connectivity index (χ1v) is 13.2. The Morgan fingerprint density at radius 1 is 1.08 bits per heavy atom. The van der Waals surface area contributed by atoms with Gasteiger partial charge < -0.3 is 14.2 Å². The largest absolute Gasteiger partial charge is 0.493 e. The molecule has 0 aromatic heterocycles. The molecule has 9 heteroatoms. The molecule has 2 aliphatic rings. The molecule has 0 aliphatic carbocycles. The van der Waals surface area contributed by atoms with Crippen LogP contribution in [0.15, 0.2) is 52.1 Å². The maximum absolute atomic E-state index is 12.7. The van der Waals surface area contributed by atoms with Gasteiger partial charge in [-0.15, -0.1) is 0 Å². The van der Waals surface area contributed by atoms with Crippen molar-refractivity contribution in [1.82, 2.24) is 5.01 Å². The van der Waals surface area contributed by atoms with Crippen LogP contribution in [0.1, 0.15) is 56.2 Å². The number of hydrogen-bond acceptors (Lipinski definition) is 7. The molecule has 194 valence electrons. The predicted molar refractivity (Wildman–Crippen MR) is 149 cm³/mol. The van der Waals surface area contributed by atoms with Crippen molar-refractivity contribution < 1.29 is 19.0 Å². The summed E-state index contributed by atoms with van der Waals surface area (Å²) in [5.74, 6) is 1.89. The van der Waals surface area contributed by atoms with E-state index in [1.165, 1.54) is 22.3 Å². The van der Waals surface area contributed by atoms with E-state index in [4.69, 9.17) is 19.6 Å². The van der Waals surface area contributed by atoms with Crippen LogP contribution < -0.4 is 14.2 Å². The van der Waals surface area contributed by atoms with Crippen molar-refractivity contribution in [2.75, 3.05) is 20.3 Å². The van der Waals surface area contributed by atoms with E-state index in [0.29, 0.717) is 41.4 Å². The molecule has 0 saturated heterocycles. The van der Waals surface area contributed by atoms with Crippen LogP contribution in [0.5, 0.6) is 17.2 Å². The molecule has 0 unspecified atom stereocenters. The van der Waals surface area contributed by atoms with Crippen molar-refractivity contribution in [2.24, 2.45) is 10.1 Å². The van der Waals surface area contributed by atoms with Crippen molar-refractivity contribution in [3.05, 3.63) is 58.7 Å². The number of nitrogens with zero attached hydrogens (tertiary/aromatic N) is 3. The Bertz CT molecular complexity index is 1300. The van der Waals surface area contributed by atoms with Crippen molar-refractivity contribution in [3.8, 4) is 17.2 Å². The lowest BCUT2D eigenvalue weighted by Crippen LogP contribution is -2.35. The standard InChI is InChI=1S/C28H32N4O4S/c1-6-7-25-31-32-26(29)21(27(33)30-28(32)37-25)15-19-9-11-22(24(16-19)34-5)35-12-13-36-23-14-18(4)8-10-20(23)17(2)3/h8-11,14-17,29H,6-7,12-13H2,1-5H3/b21-15-,29-26?. The fraction of sp³-hybridized carbons (Fsp3) is 0.357. The molecule has 37 heavy (non-hydrogen) atoms. The number of nitrogens with one attached hydrogen (secondary N) is 1. The van der Waals surface area contributed by atoms with Gasteiger partial charge in [0.05, 0.1) is 12.7 Å². The summed E-state index contributed by atoms with van der Waals surface area (Å²) in [5, 5.41) is 15.7. The van der Waals surface area contributed by atoms with Crippen LogP contribution in [0.3, 0.4) is 0 Å². The molecule has 0 atom stereocenters. The lowest BCUT2D eigenvalue weighted by Gasteiger charge is -2.20. The van der Waals surface area contributed by atoms with Gasteiger partial charge in [-0.2, -0.15) is 15.1 Å². The Kier molecular flexibility index (Phi) is 8.33.